The number of nitrogens with zero attached hydrogens (tertiary/aromatic N) is 1. The molecule has 1 amide bonds. The zero-order valence-corrected chi connectivity index (χ0v) is 15.8. The first-order chi connectivity index (χ1) is 13.2. The van der Waals surface area contributed by atoms with Crippen molar-refractivity contribution in [1.29, 1.82) is 0 Å². The van der Waals surface area contributed by atoms with Crippen molar-refractivity contribution in [3.8, 4) is 0 Å². The molecule has 2 aromatic carbocycles. The molecule has 4 nitrogen and oxygen atoms in total. The van der Waals surface area contributed by atoms with Gasteiger partial charge in [-0.25, -0.2) is 0 Å². The van der Waals surface area contributed by atoms with Gasteiger partial charge < -0.3 is 15.2 Å². The number of aromatic amines is 1. The lowest BCUT2D eigenvalue weighted by Gasteiger charge is -2.26. The van der Waals surface area contributed by atoms with Crippen LogP contribution in [0.1, 0.15) is 42.9 Å². The Labute approximate surface area is 160 Å². The minimum Gasteiger partial charge on any atom is -0.361 e. The van der Waals surface area contributed by atoms with Crippen molar-refractivity contribution < 1.29 is 4.79 Å². The van der Waals surface area contributed by atoms with Gasteiger partial charge in [-0.3, -0.25) is 4.79 Å². The van der Waals surface area contributed by atoms with Crippen LogP contribution in [0.25, 0.3) is 10.9 Å². The molecule has 0 bridgehead atoms. The molecule has 0 aliphatic carbocycles. The number of aromatic nitrogens is 1. The van der Waals surface area contributed by atoms with E-state index in [1.165, 1.54) is 18.4 Å². The third-order valence-electron chi connectivity index (χ3n) is 5.64. The normalized spacial score (nSPS) is 17.1. The van der Waals surface area contributed by atoms with Gasteiger partial charge in [-0.1, -0.05) is 48.5 Å². The van der Waals surface area contributed by atoms with Crippen LogP contribution in [0.4, 0.5) is 0 Å². The van der Waals surface area contributed by atoms with Crippen LogP contribution in [0.3, 0.4) is 0 Å². The number of amides is 1. The number of fused-ring (bicyclic) bond motifs is 1. The molecule has 1 fully saturated rings. The second-order valence-electron chi connectivity index (χ2n) is 7.49. The smallest absolute Gasteiger partial charge is 0.227 e. The van der Waals surface area contributed by atoms with Gasteiger partial charge in [0.2, 0.25) is 5.91 Å². The molecule has 1 aromatic heterocycles. The van der Waals surface area contributed by atoms with Gasteiger partial charge in [0.05, 0.1) is 12.0 Å². The Kier molecular flexibility index (Phi) is 5.26. The van der Waals surface area contributed by atoms with Crippen molar-refractivity contribution in [1.82, 2.24) is 15.2 Å². The van der Waals surface area contributed by atoms with Gasteiger partial charge in [0.25, 0.3) is 0 Å². The number of H-pyrrole nitrogens is 1. The molecule has 0 radical (unpaired) electrons. The highest BCUT2D eigenvalue weighted by Crippen LogP contribution is 2.26. The van der Waals surface area contributed by atoms with E-state index in [1.54, 1.807) is 0 Å². The van der Waals surface area contributed by atoms with E-state index in [0.717, 1.165) is 36.1 Å². The molecule has 27 heavy (non-hydrogen) atoms. The second kappa shape index (κ2) is 7.97. The maximum absolute atomic E-state index is 13.1. The quantitative estimate of drug-likeness (QED) is 0.690. The lowest BCUT2D eigenvalue weighted by Crippen LogP contribution is -2.38. The van der Waals surface area contributed by atoms with Crippen molar-refractivity contribution in [3.05, 3.63) is 71.9 Å². The number of rotatable bonds is 6. The number of benzene rings is 2. The summed E-state index contributed by atoms with van der Waals surface area (Å²) >= 11 is 0. The van der Waals surface area contributed by atoms with Gasteiger partial charge in [0.1, 0.15) is 0 Å². The standard InChI is InChI=1S/C23H27N3O/c1-17(20-15-24-21-12-6-5-11-19(20)21)23(27)25-22(16-26-13-7-8-14-26)18-9-3-2-4-10-18/h2-6,9-12,15,17,22,24H,7-8,13-14,16H2,1H3,(H,25,27). The molecule has 0 saturated carbocycles. The van der Waals surface area contributed by atoms with Crippen LogP contribution >= 0.6 is 0 Å². The van der Waals surface area contributed by atoms with E-state index in [4.69, 9.17) is 0 Å². The van der Waals surface area contributed by atoms with E-state index in [1.807, 2.05) is 49.5 Å². The molecule has 0 spiro atoms. The van der Waals surface area contributed by atoms with Crippen molar-refractivity contribution in [2.45, 2.75) is 31.7 Å². The summed E-state index contributed by atoms with van der Waals surface area (Å²) in [6.45, 7) is 5.10. The molecule has 1 saturated heterocycles. The zero-order chi connectivity index (χ0) is 18.6. The Morgan fingerprint density at radius 3 is 2.56 bits per heavy atom. The molecule has 1 aliphatic heterocycles. The average Bonchev–Trinajstić information content (AvgIpc) is 3.37. The zero-order valence-electron chi connectivity index (χ0n) is 15.8. The van der Waals surface area contributed by atoms with Crippen LogP contribution in [0.2, 0.25) is 0 Å². The van der Waals surface area contributed by atoms with Crippen molar-refractivity contribution in [2.75, 3.05) is 19.6 Å². The summed E-state index contributed by atoms with van der Waals surface area (Å²) in [6, 6.07) is 18.5. The first kappa shape index (κ1) is 17.8. The largest absolute Gasteiger partial charge is 0.361 e. The van der Waals surface area contributed by atoms with Crippen LogP contribution in [0.15, 0.2) is 60.8 Å². The number of carbonyl (C=O) groups excluding carboxylic acids is 1. The summed E-state index contributed by atoms with van der Waals surface area (Å²) in [5, 5.41) is 4.44. The van der Waals surface area contributed by atoms with Crippen molar-refractivity contribution in [3.63, 3.8) is 0 Å². The maximum atomic E-state index is 13.1. The molecule has 4 rings (SSSR count). The molecule has 140 valence electrons. The third kappa shape index (κ3) is 3.91. The number of likely N-dealkylation sites (tertiary alicyclic amines) is 1. The maximum Gasteiger partial charge on any atom is 0.227 e. The van der Waals surface area contributed by atoms with Crippen molar-refractivity contribution >= 4 is 16.8 Å². The van der Waals surface area contributed by atoms with Gasteiger partial charge in [-0.2, -0.15) is 0 Å². The molecule has 2 unspecified atom stereocenters. The van der Waals surface area contributed by atoms with Gasteiger partial charge in [0, 0.05) is 23.6 Å². The highest BCUT2D eigenvalue weighted by Gasteiger charge is 2.24. The Morgan fingerprint density at radius 1 is 1.07 bits per heavy atom. The van der Waals surface area contributed by atoms with Gasteiger partial charge in [-0.05, 0) is 50.0 Å². The van der Waals surface area contributed by atoms with E-state index in [0.29, 0.717) is 0 Å². The predicted molar refractivity (Wildman–Crippen MR) is 110 cm³/mol. The van der Waals surface area contributed by atoms with E-state index in [-0.39, 0.29) is 17.9 Å². The topological polar surface area (TPSA) is 48.1 Å². The van der Waals surface area contributed by atoms with Gasteiger partial charge in [0.15, 0.2) is 0 Å². The average molecular weight is 361 g/mol. The van der Waals surface area contributed by atoms with Gasteiger partial charge in [-0.15, -0.1) is 0 Å². The number of nitrogens with one attached hydrogen (secondary N) is 2. The molecule has 2 heterocycles. The minimum atomic E-state index is -0.203. The van der Waals surface area contributed by atoms with Crippen LogP contribution in [-0.4, -0.2) is 35.4 Å². The highest BCUT2D eigenvalue weighted by molar-refractivity contribution is 5.91. The molecule has 3 aromatic rings. The van der Waals surface area contributed by atoms with E-state index < -0.39 is 0 Å². The van der Waals surface area contributed by atoms with Crippen LogP contribution in [0, 0.1) is 0 Å². The van der Waals surface area contributed by atoms with E-state index >= 15 is 0 Å². The summed E-state index contributed by atoms with van der Waals surface area (Å²) in [6.07, 6.45) is 4.47. The van der Waals surface area contributed by atoms with Gasteiger partial charge >= 0.3 is 0 Å². The number of carbonyl (C=O) groups is 1. The Balaban J connectivity index is 1.53. The fourth-order valence-electron chi connectivity index (χ4n) is 4.03. The molecule has 2 N–H and O–H groups in total. The Bertz CT molecular complexity index is 896. The summed E-state index contributed by atoms with van der Waals surface area (Å²) < 4.78 is 0. The predicted octanol–water partition coefficient (Wildman–Crippen LogP) is 4.22. The SMILES string of the molecule is CC(C(=O)NC(CN1CCCC1)c1ccccc1)c1c[nH]c2ccccc12. The summed E-state index contributed by atoms with van der Waals surface area (Å²) in [5.74, 6) is -0.126. The summed E-state index contributed by atoms with van der Waals surface area (Å²) in [7, 11) is 0. The number of para-hydroxylation sites is 1. The summed E-state index contributed by atoms with van der Waals surface area (Å²) in [5.41, 5.74) is 3.30. The minimum absolute atomic E-state index is 0.0180. The Hall–Kier alpha value is -2.59. The molecule has 2 atom stereocenters. The van der Waals surface area contributed by atoms with Crippen LogP contribution < -0.4 is 5.32 Å². The van der Waals surface area contributed by atoms with Crippen LogP contribution in [0.5, 0.6) is 0 Å². The van der Waals surface area contributed by atoms with Crippen LogP contribution in [-0.2, 0) is 4.79 Å². The lowest BCUT2D eigenvalue weighted by molar-refractivity contribution is -0.123. The fourth-order valence-corrected chi connectivity index (χ4v) is 4.03. The first-order valence-electron chi connectivity index (χ1n) is 9.86. The second-order valence-corrected chi connectivity index (χ2v) is 7.49. The van der Waals surface area contributed by atoms with E-state index in [9.17, 15) is 4.79 Å². The molecule has 4 heteroatoms. The lowest BCUT2D eigenvalue weighted by atomic mass is 9.98. The van der Waals surface area contributed by atoms with Crippen molar-refractivity contribution in [2.24, 2.45) is 0 Å². The van der Waals surface area contributed by atoms with E-state index in [2.05, 4.69) is 33.4 Å². The molecule has 1 aliphatic rings. The summed E-state index contributed by atoms with van der Waals surface area (Å²) in [4.78, 5) is 18.8. The monoisotopic (exact) mass is 361 g/mol. The highest BCUT2D eigenvalue weighted by atomic mass is 16.1. The number of hydrogen-bond donors (Lipinski definition) is 2. The fraction of sp³-hybridized carbons (Fsp3) is 0.348. The first-order valence-corrected chi connectivity index (χ1v) is 9.86. The Morgan fingerprint density at radius 2 is 1.78 bits per heavy atom. The molecular weight excluding hydrogens is 334 g/mol. The third-order valence-corrected chi connectivity index (χ3v) is 5.64. The molecular formula is C23H27N3O. The number of hydrogen-bond acceptors (Lipinski definition) is 2.